The highest BCUT2D eigenvalue weighted by Crippen LogP contribution is 2.29. The van der Waals surface area contributed by atoms with E-state index in [-0.39, 0.29) is 18.4 Å². The fourth-order valence-electron chi connectivity index (χ4n) is 4.01. The average Bonchev–Trinajstić information content (AvgIpc) is 2.60. The second-order valence-corrected chi connectivity index (χ2v) is 7.03. The van der Waals surface area contributed by atoms with Crippen LogP contribution in [-0.2, 0) is 16.0 Å². The Morgan fingerprint density at radius 2 is 1.92 bits per heavy atom. The van der Waals surface area contributed by atoms with E-state index in [9.17, 15) is 9.59 Å². The van der Waals surface area contributed by atoms with Gasteiger partial charge in [-0.1, -0.05) is 43.5 Å². The van der Waals surface area contributed by atoms with Crippen molar-refractivity contribution in [3.05, 3.63) is 35.4 Å². The number of primary amides is 1. The van der Waals surface area contributed by atoms with Crippen molar-refractivity contribution in [2.75, 3.05) is 19.6 Å². The number of rotatable bonds is 5. The minimum Gasteiger partial charge on any atom is -0.368 e. The summed E-state index contributed by atoms with van der Waals surface area (Å²) in [4.78, 5) is 26.2. The Labute approximate surface area is 143 Å². The third-order valence-electron chi connectivity index (χ3n) is 5.31. The molecule has 1 aliphatic carbocycles. The second-order valence-electron chi connectivity index (χ2n) is 7.03. The van der Waals surface area contributed by atoms with Crippen LogP contribution in [0, 0.1) is 5.92 Å². The Hall–Kier alpha value is -1.88. The minimum absolute atomic E-state index is 0.00814. The lowest BCUT2D eigenvalue weighted by Crippen LogP contribution is -2.47. The molecule has 1 aromatic carbocycles. The molecule has 3 rings (SSSR count). The molecule has 1 aromatic rings. The van der Waals surface area contributed by atoms with Crippen LogP contribution in [0.2, 0.25) is 0 Å². The van der Waals surface area contributed by atoms with E-state index in [0.29, 0.717) is 12.5 Å². The van der Waals surface area contributed by atoms with Crippen molar-refractivity contribution in [1.82, 2.24) is 10.2 Å². The van der Waals surface area contributed by atoms with Crippen molar-refractivity contribution >= 4 is 11.8 Å². The van der Waals surface area contributed by atoms with Gasteiger partial charge in [-0.15, -0.1) is 0 Å². The number of carbonyl (C=O) groups excluding carboxylic acids is 2. The van der Waals surface area contributed by atoms with Crippen LogP contribution < -0.4 is 11.1 Å². The van der Waals surface area contributed by atoms with Crippen LogP contribution in [0.4, 0.5) is 0 Å². The van der Waals surface area contributed by atoms with Crippen molar-refractivity contribution in [3.8, 4) is 0 Å². The number of nitrogens with two attached hydrogens (primary N) is 1. The van der Waals surface area contributed by atoms with Gasteiger partial charge in [0.15, 0.2) is 0 Å². The number of hydrogen-bond acceptors (Lipinski definition) is 3. The largest absolute Gasteiger partial charge is 0.368 e. The number of amides is 2. The Kier molecular flexibility index (Phi) is 5.51. The van der Waals surface area contributed by atoms with E-state index in [4.69, 9.17) is 5.73 Å². The number of hydrogen-bond donors (Lipinski definition) is 2. The van der Waals surface area contributed by atoms with E-state index >= 15 is 0 Å². The van der Waals surface area contributed by atoms with E-state index in [2.05, 4.69) is 5.32 Å². The van der Waals surface area contributed by atoms with Gasteiger partial charge in [-0.2, -0.15) is 0 Å². The first kappa shape index (κ1) is 17.0. The van der Waals surface area contributed by atoms with Gasteiger partial charge < -0.3 is 11.1 Å². The molecule has 1 unspecified atom stereocenters. The number of fused-ring (bicyclic) bond motifs is 1. The summed E-state index contributed by atoms with van der Waals surface area (Å²) in [5.74, 6) is 0.213. The quantitative estimate of drug-likeness (QED) is 0.864. The van der Waals surface area contributed by atoms with E-state index in [1.807, 2.05) is 29.2 Å². The second kappa shape index (κ2) is 7.79. The molecular weight excluding hydrogens is 302 g/mol. The summed E-state index contributed by atoms with van der Waals surface area (Å²) >= 11 is 0. The smallest absolute Gasteiger partial charge is 0.239 e. The van der Waals surface area contributed by atoms with Crippen LogP contribution >= 0.6 is 0 Å². The highest BCUT2D eigenvalue weighted by atomic mass is 16.2. The summed E-state index contributed by atoms with van der Waals surface area (Å²) < 4.78 is 0. The summed E-state index contributed by atoms with van der Waals surface area (Å²) in [6, 6.07) is 7.36. The zero-order valence-electron chi connectivity index (χ0n) is 14.2. The zero-order valence-corrected chi connectivity index (χ0v) is 14.2. The van der Waals surface area contributed by atoms with E-state index < -0.39 is 6.04 Å². The van der Waals surface area contributed by atoms with Gasteiger partial charge in [-0.3, -0.25) is 14.5 Å². The molecule has 130 valence electrons. The summed E-state index contributed by atoms with van der Waals surface area (Å²) in [6.45, 7) is 1.67. The third kappa shape index (κ3) is 3.96. The van der Waals surface area contributed by atoms with Gasteiger partial charge in [0.05, 0.1) is 6.54 Å². The molecule has 0 spiro atoms. The predicted molar refractivity (Wildman–Crippen MR) is 93.2 cm³/mol. The lowest BCUT2D eigenvalue weighted by atomic mass is 9.89. The van der Waals surface area contributed by atoms with E-state index in [0.717, 1.165) is 24.1 Å². The molecule has 2 aliphatic rings. The topological polar surface area (TPSA) is 75.4 Å². The average molecular weight is 329 g/mol. The van der Waals surface area contributed by atoms with Gasteiger partial charge in [0.1, 0.15) is 6.04 Å². The highest BCUT2D eigenvalue weighted by molar-refractivity contribution is 5.84. The van der Waals surface area contributed by atoms with Crippen LogP contribution in [0.5, 0.6) is 0 Å². The first-order chi connectivity index (χ1) is 11.6. The maximum atomic E-state index is 12.3. The molecule has 1 atom stereocenters. The molecule has 0 radical (unpaired) electrons. The fourth-order valence-corrected chi connectivity index (χ4v) is 4.01. The zero-order chi connectivity index (χ0) is 16.9. The number of nitrogens with one attached hydrogen (secondary N) is 1. The third-order valence-corrected chi connectivity index (χ3v) is 5.31. The fraction of sp³-hybridized carbons (Fsp3) is 0.579. The van der Waals surface area contributed by atoms with Crippen LogP contribution in [0.25, 0.3) is 0 Å². The van der Waals surface area contributed by atoms with Gasteiger partial charge in [0.2, 0.25) is 11.8 Å². The van der Waals surface area contributed by atoms with E-state index in [1.54, 1.807) is 0 Å². The number of carbonyl (C=O) groups is 2. The molecule has 3 N–H and O–H groups in total. The van der Waals surface area contributed by atoms with Crippen molar-refractivity contribution < 1.29 is 9.59 Å². The van der Waals surface area contributed by atoms with Gasteiger partial charge in [-0.05, 0) is 36.3 Å². The molecule has 0 bridgehead atoms. The van der Waals surface area contributed by atoms with Gasteiger partial charge >= 0.3 is 0 Å². The molecule has 2 amide bonds. The molecule has 24 heavy (non-hydrogen) atoms. The minimum atomic E-state index is -0.504. The maximum Gasteiger partial charge on any atom is 0.239 e. The Balaban J connectivity index is 1.59. The molecule has 1 fully saturated rings. The van der Waals surface area contributed by atoms with Crippen molar-refractivity contribution in [1.29, 1.82) is 0 Å². The summed E-state index contributed by atoms with van der Waals surface area (Å²) in [5, 5.41) is 3.05. The lowest BCUT2D eigenvalue weighted by Gasteiger charge is -2.35. The standard InChI is InChI=1S/C19H27N3O2/c20-19(24)18-16-9-5-4-8-15(16)10-11-22(18)13-17(23)21-12-14-6-2-1-3-7-14/h4-5,8-9,14,18H,1-3,6-7,10-13H2,(H2,20,24)(H,21,23). The molecule has 1 saturated carbocycles. The van der Waals surface area contributed by atoms with Crippen molar-refractivity contribution in [2.45, 2.75) is 44.6 Å². The lowest BCUT2D eigenvalue weighted by molar-refractivity contribution is -0.127. The van der Waals surface area contributed by atoms with Crippen molar-refractivity contribution in [3.63, 3.8) is 0 Å². The van der Waals surface area contributed by atoms with Crippen LogP contribution in [0.3, 0.4) is 0 Å². The number of benzene rings is 1. The molecule has 5 nitrogen and oxygen atoms in total. The highest BCUT2D eigenvalue weighted by Gasteiger charge is 2.32. The molecule has 5 heteroatoms. The SMILES string of the molecule is NC(=O)C1c2ccccc2CCN1CC(=O)NCC1CCCCC1. The normalized spacial score (nSPS) is 21.9. The number of nitrogens with zero attached hydrogens (tertiary/aromatic N) is 1. The molecular formula is C19H27N3O2. The van der Waals surface area contributed by atoms with Crippen LogP contribution in [0.15, 0.2) is 24.3 Å². The van der Waals surface area contributed by atoms with Crippen LogP contribution in [0.1, 0.15) is 49.3 Å². The summed E-state index contributed by atoms with van der Waals surface area (Å²) in [7, 11) is 0. The molecule has 1 aliphatic heterocycles. The summed E-state index contributed by atoms with van der Waals surface area (Å²) in [5.41, 5.74) is 7.72. The molecule has 0 saturated heterocycles. The Bertz CT molecular complexity index is 596. The Morgan fingerprint density at radius 1 is 1.17 bits per heavy atom. The monoisotopic (exact) mass is 329 g/mol. The van der Waals surface area contributed by atoms with Gasteiger partial charge in [-0.25, -0.2) is 0 Å². The summed E-state index contributed by atoms with van der Waals surface area (Å²) in [6.07, 6.45) is 7.12. The predicted octanol–water partition coefficient (Wildman–Crippen LogP) is 1.77. The van der Waals surface area contributed by atoms with E-state index in [1.165, 1.54) is 32.1 Å². The first-order valence-corrected chi connectivity index (χ1v) is 9.03. The first-order valence-electron chi connectivity index (χ1n) is 9.03. The van der Waals surface area contributed by atoms with Crippen molar-refractivity contribution in [2.24, 2.45) is 11.7 Å². The molecule has 0 aromatic heterocycles. The van der Waals surface area contributed by atoms with Crippen LogP contribution in [-0.4, -0.2) is 36.3 Å². The van der Waals surface area contributed by atoms with Gasteiger partial charge in [0.25, 0.3) is 0 Å². The Morgan fingerprint density at radius 3 is 2.67 bits per heavy atom. The van der Waals surface area contributed by atoms with Gasteiger partial charge in [0, 0.05) is 13.1 Å². The molecule has 1 heterocycles. The maximum absolute atomic E-state index is 12.3.